The summed E-state index contributed by atoms with van der Waals surface area (Å²) in [6.45, 7) is 4.45. The van der Waals surface area contributed by atoms with Gasteiger partial charge in [-0.2, -0.15) is 0 Å². The van der Waals surface area contributed by atoms with Gasteiger partial charge in [-0.1, -0.05) is 19.9 Å². The first kappa shape index (κ1) is 11.0. The molecule has 0 radical (unpaired) electrons. The molecule has 1 aromatic carbocycles. The predicted molar refractivity (Wildman–Crippen MR) is 55.0 cm³/mol. The molecule has 0 fully saturated rings. The number of rotatable bonds is 3. The lowest BCUT2D eigenvalue weighted by molar-refractivity contribution is 0.385. The van der Waals surface area contributed by atoms with Crippen LogP contribution in [0.5, 0.6) is 5.75 Å². The Balaban J connectivity index is 3.08. The van der Waals surface area contributed by atoms with Crippen LogP contribution in [-0.4, -0.2) is 13.7 Å². The molecular formula is C11H16FNO. The Morgan fingerprint density at radius 3 is 2.50 bits per heavy atom. The molecule has 14 heavy (non-hydrogen) atoms. The number of methoxy groups -OCH3 is 1. The van der Waals surface area contributed by atoms with Crippen molar-refractivity contribution in [3.05, 3.63) is 29.6 Å². The van der Waals surface area contributed by atoms with Crippen molar-refractivity contribution in [1.29, 1.82) is 0 Å². The van der Waals surface area contributed by atoms with E-state index in [1.165, 1.54) is 13.2 Å². The fourth-order valence-electron chi connectivity index (χ4n) is 1.21. The van der Waals surface area contributed by atoms with Crippen molar-refractivity contribution in [3.63, 3.8) is 0 Å². The van der Waals surface area contributed by atoms with Crippen LogP contribution in [0.1, 0.15) is 19.4 Å². The van der Waals surface area contributed by atoms with Crippen LogP contribution in [0, 0.1) is 5.82 Å². The summed E-state index contributed by atoms with van der Waals surface area (Å²) in [5.74, 6) is -0.0758. The van der Waals surface area contributed by atoms with Crippen LogP contribution >= 0.6 is 0 Å². The molecular weight excluding hydrogens is 181 g/mol. The number of hydrogen-bond donors (Lipinski definition) is 1. The van der Waals surface area contributed by atoms with E-state index in [4.69, 9.17) is 10.5 Å². The van der Waals surface area contributed by atoms with Gasteiger partial charge in [0.25, 0.3) is 0 Å². The summed E-state index contributed by atoms with van der Waals surface area (Å²) in [5.41, 5.74) is 6.29. The van der Waals surface area contributed by atoms with E-state index >= 15 is 0 Å². The van der Waals surface area contributed by atoms with Gasteiger partial charge in [-0.15, -0.1) is 0 Å². The minimum absolute atomic E-state index is 0.201. The molecule has 78 valence electrons. The fraction of sp³-hybridized carbons (Fsp3) is 0.455. The molecule has 0 aliphatic carbocycles. The molecule has 0 aliphatic heterocycles. The molecule has 0 heterocycles. The molecule has 0 saturated heterocycles. The zero-order valence-electron chi connectivity index (χ0n) is 8.80. The highest BCUT2D eigenvalue weighted by molar-refractivity contribution is 5.33. The van der Waals surface area contributed by atoms with Crippen LogP contribution in [0.15, 0.2) is 18.2 Å². The second kappa shape index (κ2) is 3.96. The molecule has 0 atom stereocenters. The highest BCUT2D eigenvalue weighted by Gasteiger charge is 2.19. The van der Waals surface area contributed by atoms with Crippen LogP contribution in [0.2, 0.25) is 0 Å². The van der Waals surface area contributed by atoms with E-state index in [9.17, 15) is 4.39 Å². The molecule has 0 spiro atoms. The largest absolute Gasteiger partial charge is 0.494 e. The molecule has 2 nitrogen and oxygen atoms in total. The molecule has 0 amide bonds. The SMILES string of the molecule is COc1ccc(C(C)(C)CN)cc1F. The molecule has 1 aromatic rings. The van der Waals surface area contributed by atoms with E-state index in [0.29, 0.717) is 6.54 Å². The van der Waals surface area contributed by atoms with E-state index in [0.717, 1.165) is 5.56 Å². The quantitative estimate of drug-likeness (QED) is 0.805. The van der Waals surface area contributed by atoms with Crippen molar-refractivity contribution in [1.82, 2.24) is 0 Å². The lowest BCUT2D eigenvalue weighted by Gasteiger charge is -2.23. The summed E-state index contributed by atoms with van der Waals surface area (Å²) < 4.78 is 18.2. The summed E-state index contributed by atoms with van der Waals surface area (Å²) in [5, 5.41) is 0. The zero-order chi connectivity index (χ0) is 10.8. The molecule has 1 rings (SSSR count). The van der Waals surface area contributed by atoms with Crippen LogP contribution in [0.4, 0.5) is 4.39 Å². The predicted octanol–water partition coefficient (Wildman–Crippen LogP) is 2.07. The third-order valence-corrected chi connectivity index (χ3v) is 2.44. The topological polar surface area (TPSA) is 35.2 Å². The van der Waals surface area contributed by atoms with E-state index in [2.05, 4.69) is 0 Å². The van der Waals surface area contributed by atoms with Crippen molar-refractivity contribution in [2.75, 3.05) is 13.7 Å². The molecule has 0 bridgehead atoms. The highest BCUT2D eigenvalue weighted by Crippen LogP contribution is 2.26. The first-order valence-corrected chi connectivity index (χ1v) is 4.55. The number of hydrogen-bond acceptors (Lipinski definition) is 2. The Bertz CT molecular complexity index is 323. The van der Waals surface area contributed by atoms with Crippen molar-refractivity contribution < 1.29 is 9.13 Å². The molecule has 3 heteroatoms. The van der Waals surface area contributed by atoms with Crippen molar-refractivity contribution in [2.24, 2.45) is 5.73 Å². The highest BCUT2D eigenvalue weighted by atomic mass is 19.1. The summed E-state index contributed by atoms with van der Waals surface area (Å²) >= 11 is 0. The Morgan fingerprint density at radius 1 is 1.43 bits per heavy atom. The summed E-state index contributed by atoms with van der Waals surface area (Å²) in [4.78, 5) is 0. The molecule has 0 aromatic heterocycles. The van der Waals surface area contributed by atoms with Gasteiger partial charge in [0.05, 0.1) is 7.11 Å². The monoisotopic (exact) mass is 197 g/mol. The minimum atomic E-state index is -0.341. The van der Waals surface area contributed by atoms with Gasteiger partial charge in [-0.25, -0.2) is 4.39 Å². The Labute approximate surface area is 83.9 Å². The standard InChI is InChI=1S/C11H16FNO/c1-11(2,7-13)8-4-5-10(14-3)9(12)6-8/h4-6H,7,13H2,1-3H3. The van der Waals surface area contributed by atoms with Gasteiger partial charge >= 0.3 is 0 Å². The van der Waals surface area contributed by atoms with E-state index in [-0.39, 0.29) is 17.0 Å². The number of halogens is 1. The molecule has 0 unspecified atom stereocenters. The Hall–Kier alpha value is -1.09. The average Bonchev–Trinajstić information content (AvgIpc) is 2.17. The second-order valence-corrected chi connectivity index (χ2v) is 3.94. The average molecular weight is 197 g/mol. The van der Waals surface area contributed by atoms with Gasteiger partial charge < -0.3 is 10.5 Å². The summed E-state index contributed by atoms with van der Waals surface area (Å²) in [7, 11) is 1.45. The number of nitrogens with two attached hydrogens (primary N) is 1. The maximum absolute atomic E-state index is 13.4. The molecule has 0 saturated carbocycles. The van der Waals surface area contributed by atoms with Crippen molar-refractivity contribution in [2.45, 2.75) is 19.3 Å². The van der Waals surface area contributed by atoms with Crippen LogP contribution < -0.4 is 10.5 Å². The van der Waals surface area contributed by atoms with Crippen molar-refractivity contribution in [3.8, 4) is 5.75 Å². The van der Waals surface area contributed by atoms with Crippen LogP contribution in [0.25, 0.3) is 0 Å². The number of benzene rings is 1. The lowest BCUT2D eigenvalue weighted by Crippen LogP contribution is -2.28. The molecule has 0 aliphatic rings. The third kappa shape index (κ3) is 2.04. The van der Waals surface area contributed by atoms with Gasteiger partial charge in [0.15, 0.2) is 11.6 Å². The fourth-order valence-corrected chi connectivity index (χ4v) is 1.21. The van der Waals surface area contributed by atoms with Crippen molar-refractivity contribution >= 4 is 0 Å². The normalized spacial score (nSPS) is 11.5. The number of ether oxygens (including phenoxy) is 1. The molecule has 2 N–H and O–H groups in total. The van der Waals surface area contributed by atoms with E-state index in [1.54, 1.807) is 6.07 Å². The maximum Gasteiger partial charge on any atom is 0.165 e. The van der Waals surface area contributed by atoms with E-state index in [1.807, 2.05) is 19.9 Å². The zero-order valence-corrected chi connectivity index (χ0v) is 8.80. The summed E-state index contributed by atoms with van der Waals surface area (Å²) in [6, 6.07) is 4.95. The maximum atomic E-state index is 13.4. The van der Waals surface area contributed by atoms with Crippen LogP contribution in [0.3, 0.4) is 0 Å². The van der Waals surface area contributed by atoms with E-state index < -0.39 is 0 Å². The second-order valence-electron chi connectivity index (χ2n) is 3.94. The lowest BCUT2D eigenvalue weighted by atomic mass is 9.85. The van der Waals surface area contributed by atoms with Gasteiger partial charge in [-0.05, 0) is 17.7 Å². The van der Waals surface area contributed by atoms with Crippen LogP contribution in [-0.2, 0) is 5.41 Å². The summed E-state index contributed by atoms with van der Waals surface area (Å²) in [6.07, 6.45) is 0. The van der Waals surface area contributed by atoms with Gasteiger partial charge in [0, 0.05) is 12.0 Å². The van der Waals surface area contributed by atoms with Gasteiger partial charge in [-0.3, -0.25) is 0 Å². The minimum Gasteiger partial charge on any atom is -0.494 e. The Morgan fingerprint density at radius 2 is 2.07 bits per heavy atom. The Kier molecular flexibility index (Phi) is 3.11. The first-order valence-electron chi connectivity index (χ1n) is 4.55. The van der Waals surface area contributed by atoms with Gasteiger partial charge in [0.1, 0.15) is 0 Å². The smallest absolute Gasteiger partial charge is 0.165 e. The first-order chi connectivity index (χ1) is 6.51. The third-order valence-electron chi connectivity index (χ3n) is 2.44. The van der Waals surface area contributed by atoms with Gasteiger partial charge in [0.2, 0.25) is 0 Å².